The van der Waals surface area contributed by atoms with Gasteiger partial charge in [0.2, 0.25) is 0 Å². The van der Waals surface area contributed by atoms with Crippen molar-refractivity contribution < 1.29 is 14.3 Å². The highest BCUT2D eigenvalue weighted by atomic mass is 35.5. The number of ether oxygens (including phenoxy) is 2. The fraction of sp³-hybridized carbons (Fsp3) is 0.0714. The van der Waals surface area contributed by atoms with E-state index in [2.05, 4.69) is 0 Å². The van der Waals surface area contributed by atoms with E-state index in [-0.39, 0.29) is 22.4 Å². The molecule has 0 saturated heterocycles. The molecule has 0 aliphatic heterocycles. The van der Waals surface area contributed by atoms with E-state index in [9.17, 15) is 4.79 Å². The molecular formula is C14H8Cl4O3. The first kappa shape index (κ1) is 16.2. The van der Waals surface area contributed by atoms with Crippen LogP contribution in [0.2, 0.25) is 20.1 Å². The Balaban J connectivity index is 1.97. The third-order valence-corrected chi connectivity index (χ3v) is 3.38. The molecule has 3 nitrogen and oxygen atoms in total. The lowest BCUT2D eigenvalue weighted by Gasteiger charge is -2.09. The summed E-state index contributed by atoms with van der Waals surface area (Å²) in [6.45, 7) is -0.295. The van der Waals surface area contributed by atoms with Crippen molar-refractivity contribution in [3.63, 3.8) is 0 Å². The topological polar surface area (TPSA) is 35.5 Å². The molecule has 0 unspecified atom stereocenters. The smallest absolute Gasteiger partial charge is 0.349 e. The van der Waals surface area contributed by atoms with Crippen LogP contribution in [0, 0.1) is 0 Å². The number of carbonyl (C=O) groups excluding carboxylic acids is 1. The number of halogens is 4. The van der Waals surface area contributed by atoms with Gasteiger partial charge in [0, 0.05) is 10.0 Å². The van der Waals surface area contributed by atoms with Crippen LogP contribution in [0.3, 0.4) is 0 Å². The average Bonchev–Trinajstić information content (AvgIpc) is 2.42. The SMILES string of the molecule is O=C(COc1ccc(Cl)cc1)Oc1c(Cl)cc(Cl)cc1Cl. The Morgan fingerprint density at radius 1 is 0.905 bits per heavy atom. The van der Waals surface area contributed by atoms with Crippen molar-refractivity contribution in [1.29, 1.82) is 0 Å². The van der Waals surface area contributed by atoms with Crippen LogP contribution in [0.4, 0.5) is 0 Å². The Morgan fingerprint density at radius 3 is 2.05 bits per heavy atom. The molecule has 0 saturated carbocycles. The fourth-order valence-electron chi connectivity index (χ4n) is 1.44. The van der Waals surface area contributed by atoms with Gasteiger partial charge in [0.05, 0.1) is 10.0 Å². The lowest BCUT2D eigenvalue weighted by molar-refractivity contribution is -0.136. The van der Waals surface area contributed by atoms with Crippen molar-refractivity contribution in [1.82, 2.24) is 0 Å². The standard InChI is InChI=1S/C14H8Cl4O3/c15-8-1-3-10(4-2-8)20-7-13(19)21-14-11(17)5-9(16)6-12(14)18/h1-6H,7H2. The van der Waals surface area contributed by atoms with Crippen molar-refractivity contribution in [2.45, 2.75) is 0 Å². The summed E-state index contributed by atoms with van der Waals surface area (Å²) in [5.41, 5.74) is 0. The zero-order chi connectivity index (χ0) is 15.4. The number of rotatable bonds is 4. The van der Waals surface area contributed by atoms with Crippen molar-refractivity contribution in [3.05, 3.63) is 56.5 Å². The van der Waals surface area contributed by atoms with Gasteiger partial charge in [0.25, 0.3) is 0 Å². The number of benzene rings is 2. The molecule has 2 rings (SSSR count). The summed E-state index contributed by atoms with van der Waals surface area (Å²) < 4.78 is 10.3. The monoisotopic (exact) mass is 364 g/mol. The zero-order valence-electron chi connectivity index (χ0n) is 10.4. The van der Waals surface area contributed by atoms with Gasteiger partial charge in [0.1, 0.15) is 5.75 Å². The highest BCUT2D eigenvalue weighted by molar-refractivity contribution is 6.40. The highest BCUT2D eigenvalue weighted by Crippen LogP contribution is 2.35. The normalized spacial score (nSPS) is 10.3. The molecule has 0 N–H and O–H groups in total. The van der Waals surface area contributed by atoms with E-state index in [1.807, 2.05) is 0 Å². The number of carbonyl (C=O) groups is 1. The minimum atomic E-state index is -0.643. The number of hydrogen-bond acceptors (Lipinski definition) is 3. The quantitative estimate of drug-likeness (QED) is 0.545. The zero-order valence-corrected chi connectivity index (χ0v) is 13.4. The molecule has 0 bridgehead atoms. The molecule has 0 radical (unpaired) electrons. The van der Waals surface area contributed by atoms with Gasteiger partial charge < -0.3 is 9.47 Å². The van der Waals surface area contributed by atoms with E-state index in [0.29, 0.717) is 15.8 Å². The Morgan fingerprint density at radius 2 is 1.48 bits per heavy atom. The van der Waals surface area contributed by atoms with Crippen LogP contribution in [-0.2, 0) is 4.79 Å². The van der Waals surface area contributed by atoms with Gasteiger partial charge >= 0.3 is 5.97 Å². The maximum absolute atomic E-state index is 11.7. The molecule has 0 atom stereocenters. The Hall–Kier alpha value is -1.13. The van der Waals surface area contributed by atoms with E-state index < -0.39 is 5.97 Å². The first-order valence-electron chi connectivity index (χ1n) is 5.69. The van der Waals surface area contributed by atoms with Gasteiger partial charge in [0.15, 0.2) is 12.4 Å². The van der Waals surface area contributed by atoms with E-state index in [1.165, 1.54) is 12.1 Å². The largest absolute Gasteiger partial charge is 0.482 e. The summed E-state index contributed by atoms with van der Waals surface area (Å²) in [4.78, 5) is 11.7. The van der Waals surface area contributed by atoms with E-state index in [1.54, 1.807) is 24.3 Å². The molecular weight excluding hydrogens is 358 g/mol. The maximum atomic E-state index is 11.7. The minimum absolute atomic E-state index is 0.0486. The predicted octanol–water partition coefficient (Wildman–Crippen LogP) is 5.28. The lowest BCUT2D eigenvalue weighted by atomic mass is 10.3. The third kappa shape index (κ3) is 4.68. The van der Waals surface area contributed by atoms with Gasteiger partial charge in [-0.05, 0) is 36.4 Å². The first-order chi connectivity index (χ1) is 9.95. The number of hydrogen-bond donors (Lipinski definition) is 0. The summed E-state index contributed by atoms with van der Waals surface area (Å²) in [6.07, 6.45) is 0. The van der Waals surface area contributed by atoms with Gasteiger partial charge in [-0.25, -0.2) is 4.79 Å². The fourth-order valence-corrected chi connectivity index (χ4v) is 2.46. The summed E-state index contributed by atoms with van der Waals surface area (Å²) in [7, 11) is 0. The average molecular weight is 366 g/mol. The lowest BCUT2D eigenvalue weighted by Crippen LogP contribution is -2.18. The summed E-state index contributed by atoms with van der Waals surface area (Å²) >= 11 is 23.3. The van der Waals surface area contributed by atoms with E-state index in [4.69, 9.17) is 55.9 Å². The van der Waals surface area contributed by atoms with E-state index >= 15 is 0 Å². The molecule has 0 fully saturated rings. The first-order valence-corrected chi connectivity index (χ1v) is 7.20. The second kappa shape index (κ2) is 7.23. The minimum Gasteiger partial charge on any atom is -0.482 e. The maximum Gasteiger partial charge on any atom is 0.349 e. The van der Waals surface area contributed by atoms with Crippen LogP contribution in [0.1, 0.15) is 0 Å². The van der Waals surface area contributed by atoms with Gasteiger partial charge in [-0.15, -0.1) is 0 Å². The molecule has 0 spiro atoms. The summed E-state index contributed by atoms with van der Waals surface area (Å²) in [5, 5.41) is 1.21. The van der Waals surface area contributed by atoms with Crippen LogP contribution in [-0.4, -0.2) is 12.6 Å². The van der Waals surface area contributed by atoms with Crippen LogP contribution < -0.4 is 9.47 Å². The molecule has 21 heavy (non-hydrogen) atoms. The molecule has 0 heterocycles. The molecule has 0 aliphatic rings. The predicted molar refractivity (Wildman–Crippen MR) is 84.1 cm³/mol. The highest BCUT2D eigenvalue weighted by Gasteiger charge is 2.14. The van der Waals surface area contributed by atoms with Crippen LogP contribution >= 0.6 is 46.4 Å². The third-order valence-electron chi connectivity index (χ3n) is 2.35. The Kier molecular flexibility index (Phi) is 5.59. The summed E-state index contributed by atoms with van der Waals surface area (Å²) in [6, 6.07) is 9.43. The van der Waals surface area contributed by atoms with Crippen molar-refractivity contribution in [2.75, 3.05) is 6.61 Å². The summed E-state index contributed by atoms with van der Waals surface area (Å²) in [5.74, 6) is -0.104. The molecule has 0 aromatic heterocycles. The molecule has 7 heteroatoms. The second-order valence-corrected chi connectivity index (χ2v) is 5.60. The van der Waals surface area contributed by atoms with Crippen LogP contribution in [0.25, 0.3) is 0 Å². The molecule has 110 valence electrons. The van der Waals surface area contributed by atoms with Crippen molar-refractivity contribution in [2.24, 2.45) is 0 Å². The molecule has 0 aliphatic carbocycles. The molecule has 2 aromatic carbocycles. The molecule has 2 aromatic rings. The van der Waals surface area contributed by atoms with Gasteiger partial charge in [-0.1, -0.05) is 46.4 Å². The van der Waals surface area contributed by atoms with E-state index in [0.717, 1.165) is 0 Å². The number of esters is 1. The Bertz CT molecular complexity index is 633. The van der Waals surface area contributed by atoms with Gasteiger partial charge in [-0.3, -0.25) is 0 Å². The second-order valence-electron chi connectivity index (χ2n) is 3.92. The van der Waals surface area contributed by atoms with Crippen molar-refractivity contribution >= 4 is 52.4 Å². The van der Waals surface area contributed by atoms with Crippen LogP contribution in [0.15, 0.2) is 36.4 Å². The van der Waals surface area contributed by atoms with Crippen LogP contribution in [0.5, 0.6) is 11.5 Å². The Labute approximate surface area is 141 Å². The molecule has 0 amide bonds. The van der Waals surface area contributed by atoms with Crippen molar-refractivity contribution in [3.8, 4) is 11.5 Å². The van der Waals surface area contributed by atoms with Gasteiger partial charge in [-0.2, -0.15) is 0 Å².